The highest BCUT2D eigenvalue weighted by molar-refractivity contribution is 7.15. The molecular formula is C13H23N3OS. The Bertz CT molecular complexity index is 356. The lowest BCUT2D eigenvalue weighted by Crippen LogP contribution is -2.28. The lowest BCUT2D eigenvalue weighted by molar-refractivity contribution is 0.199. The van der Waals surface area contributed by atoms with Gasteiger partial charge >= 0.3 is 0 Å². The summed E-state index contributed by atoms with van der Waals surface area (Å²) in [5.41, 5.74) is 0. The molecule has 18 heavy (non-hydrogen) atoms. The number of hydrogen-bond acceptors (Lipinski definition) is 5. The summed E-state index contributed by atoms with van der Waals surface area (Å²) >= 11 is 1.82. The van der Waals surface area contributed by atoms with Gasteiger partial charge < -0.3 is 15.0 Å². The van der Waals surface area contributed by atoms with Crippen LogP contribution < -0.4 is 10.2 Å². The largest absolute Gasteiger partial charge is 0.383 e. The van der Waals surface area contributed by atoms with Crippen LogP contribution in [0.2, 0.25) is 0 Å². The van der Waals surface area contributed by atoms with Crippen molar-refractivity contribution in [3.8, 4) is 0 Å². The SMILES string of the molecule is CCC1CCCN1c1ncc(CNCCOC)s1. The van der Waals surface area contributed by atoms with Crippen LogP contribution in [0.3, 0.4) is 0 Å². The minimum atomic E-state index is 0.699. The van der Waals surface area contributed by atoms with Crippen molar-refractivity contribution in [2.45, 2.75) is 38.8 Å². The Morgan fingerprint density at radius 1 is 1.61 bits per heavy atom. The van der Waals surface area contributed by atoms with E-state index in [0.717, 1.165) is 19.7 Å². The van der Waals surface area contributed by atoms with Crippen molar-refractivity contribution in [1.29, 1.82) is 0 Å². The Morgan fingerprint density at radius 2 is 2.50 bits per heavy atom. The highest BCUT2D eigenvalue weighted by Gasteiger charge is 2.25. The third-order valence-corrected chi connectivity index (χ3v) is 4.45. The zero-order valence-corrected chi connectivity index (χ0v) is 12.1. The van der Waals surface area contributed by atoms with E-state index in [2.05, 4.69) is 22.1 Å². The molecule has 1 saturated heterocycles. The molecule has 0 spiro atoms. The summed E-state index contributed by atoms with van der Waals surface area (Å²) in [4.78, 5) is 8.35. The Labute approximate surface area is 113 Å². The van der Waals surface area contributed by atoms with Gasteiger partial charge in [-0.05, 0) is 19.3 Å². The number of nitrogens with zero attached hydrogens (tertiary/aromatic N) is 2. The van der Waals surface area contributed by atoms with Crippen molar-refractivity contribution in [3.63, 3.8) is 0 Å². The van der Waals surface area contributed by atoms with Gasteiger partial charge in [0.25, 0.3) is 0 Å². The molecule has 0 radical (unpaired) electrons. The molecule has 5 heteroatoms. The van der Waals surface area contributed by atoms with Crippen LogP contribution in [0.1, 0.15) is 31.1 Å². The van der Waals surface area contributed by atoms with Gasteiger partial charge in [-0.1, -0.05) is 6.92 Å². The van der Waals surface area contributed by atoms with Crippen molar-refractivity contribution in [3.05, 3.63) is 11.1 Å². The second-order valence-corrected chi connectivity index (χ2v) is 5.77. The van der Waals surface area contributed by atoms with Gasteiger partial charge in [-0.15, -0.1) is 11.3 Å². The lowest BCUT2D eigenvalue weighted by atomic mass is 10.2. The lowest BCUT2D eigenvalue weighted by Gasteiger charge is -2.22. The third kappa shape index (κ3) is 3.43. The fourth-order valence-corrected chi connectivity index (χ4v) is 3.39. The molecule has 1 atom stereocenters. The predicted octanol–water partition coefficient (Wildman–Crippen LogP) is 2.26. The summed E-state index contributed by atoms with van der Waals surface area (Å²) < 4.78 is 5.01. The first kappa shape index (κ1) is 13.8. The molecule has 1 N–H and O–H groups in total. The minimum absolute atomic E-state index is 0.699. The van der Waals surface area contributed by atoms with E-state index in [1.165, 1.54) is 35.8 Å². The molecule has 4 nitrogen and oxygen atoms in total. The molecule has 0 amide bonds. The standard InChI is InChI=1S/C13H23N3OS/c1-3-11-5-4-7-16(11)13-15-10-12(18-13)9-14-6-8-17-2/h10-11,14H,3-9H2,1-2H3. The number of hydrogen-bond donors (Lipinski definition) is 1. The fourth-order valence-electron chi connectivity index (χ4n) is 2.41. The van der Waals surface area contributed by atoms with Crippen LogP contribution in [0.4, 0.5) is 5.13 Å². The Morgan fingerprint density at radius 3 is 3.28 bits per heavy atom. The topological polar surface area (TPSA) is 37.4 Å². The highest BCUT2D eigenvalue weighted by atomic mass is 32.1. The van der Waals surface area contributed by atoms with E-state index in [1.54, 1.807) is 7.11 Å². The minimum Gasteiger partial charge on any atom is -0.383 e. The monoisotopic (exact) mass is 269 g/mol. The average Bonchev–Trinajstić information content (AvgIpc) is 3.02. The summed E-state index contributed by atoms with van der Waals surface area (Å²) in [5.74, 6) is 0. The molecule has 0 saturated carbocycles. The van der Waals surface area contributed by atoms with E-state index in [0.29, 0.717) is 6.04 Å². The normalized spacial score (nSPS) is 19.7. The maximum atomic E-state index is 5.01. The van der Waals surface area contributed by atoms with Crippen LogP contribution in [-0.4, -0.2) is 37.8 Å². The van der Waals surface area contributed by atoms with Gasteiger partial charge in [-0.25, -0.2) is 4.98 Å². The van der Waals surface area contributed by atoms with Gasteiger partial charge in [-0.3, -0.25) is 0 Å². The molecule has 0 aromatic carbocycles. The van der Waals surface area contributed by atoms with Gasteiger partial charge in [-0.2, -0.15) is 0 Å². The number of aromatic nitrogens is 1. The fraction of sp³-hybridized carbons (Fsp3) is 0.769. The third-order valence-electron chi connectivity index (χ3n) is 3.42. The number of ether oxygens (including phenoxy) is 1. The van der Waals surface area contributed by atoms with E-state index >= 15 is 0 Å². The first-order chi connectivity index (χ1) is 8.85. The molecule has 1 aliphatic heterocycles. The van der Waals surface area contributed by atoms with E-state index in [-0.39, 0.29) is 0 Å². The van der Waals surface area contributed by atoms with Crippen LogP contribution in [0.25, 0.3) is 0 Å². The van der Waals surface area contributed by atoms with Gasteiger partial charge in [0.1, 0.15) is 0 Å². The summed E-state index contributed by atoms with van der Waals surface area (Å²) in [5, 5.41) is 4.56. The first-order valence-corrected chi connectivity index (χ1v) is 7.57. The quantitative estimate of drug-likeness (QED) is 0.771. The van der Waals surface area contributed by atoms with Crippen molar-refractivity contribution in [2.75, 3.05) is 31.7 Å². The van der Waals surface area contributed by atoms with Crippen molar-refractivity contribution in [2.24, 2.45) is 0 Å². The molecule has 2 heterocycles. The number of nitrogens with one attached hydrogen (secondary N) is 1. The summed E-state index contributed by atoms with van der Waals surface area (Å²) in [6, 6.07) is 0.699. The summed E-state index contributed by atoms with van der Waals surface area (Å²) in [6.07, 6.45) is 5.85. The first-order valence-electron chi connectivity index (χ1n) is 6.76. The molecule has 1 unspecified atom stereocenters. The number of methoxy groups -OCH3 is 1. The van der Waals surface area contributed by atoms with Gasteiger partial charge in [0.15, 0.2) is 5.13 Å². The van der Waals surface area contributed by atoms with Crippen molar-refractivity contribution >= 4 is 16.5 Å². The summed E-state index contributed by atoms with van der Waals surface area (Å²) in [7, 11) is 1.73. The van der Waals surface area contributed by atoms with E-state index in [9.17, 15) is 0 Å². The van der Waals surface area contributed by atoms with Crippen LogP contribution in [-0.2, 0) is 11.3 Å². The van der Waals surface area contributed by atoms with E-state index in [1.807, 2.05) is 17.5 Å². The Hall–Kier alpha value is -0.650. The van der Waals surface area contributed by atoms with Crippen LogP contribution in [0.5, 0.6) is 0 Å². The smallest absolute Gasteiger partial charge is 0.185 e. The second kappa shape index (κ2) is 7.07. The number of anilines is 1. The molecule has 0 aliphatic carbocycles. The highest BCUT2D eigenvalue weighted by Crippen LogP contribution is 2.30. The molecular weight excluding hydrogens is 246 g/mol. The van der Waals surface area contributed by atoms with E-state index < -0.39 is 0 Å². The van der Waals surface area contributed by atoms with Gasteiger partial charge in [0, 0.05) is 43.9 Å². The molecule has 0 bridgehead atoms. The van der Waals surface area contributed by atoms with Crippen LogP contribution >= 0.6 is 11.3 Å². The number of thiazole rings is 1. The van der Waals surface area contributed by atoms with Gasteiger partial charge in [0.2, 0.25) is 0 Å². The zero-order chi connectivity index (χ0) is 12.8. The molecule has 102 valence electrons. The Balaban J connectivity index is 1.85. The van der Waals surface area contributed by atoms with E-state index in [4.69, 9.17) is 4.74 Å². The molecule has 1 aliphatic rings. The van der Waals surface area contributed by atoms with Crippen molar-refractivity contribution < 1.29 is 4.74 Å². The zero-order valence-electron chi connectivity index (χ0n) is 11.3. The second-order valence-electron chi connectivity index (χ2n) is 4.68. The molecule has 2 rings (SSSR count). The molecule has 1 aromatic rings. The van der Waals surface area contributed by atoms with Gasteiger partial charge in [0.05, 0.1) is 6.61 Å². The maximum Gasteiger partial charge on any atom is 0.185 e. The van der Waals surface area contributed by atoms with Crippen LogP contribution in [0.15, 0.2) is 6.20 Å². The Kier molecular flexibility index (Phi) is 5.41. The van der Waals surface area contributed by atoms with Crippen LogP contribution in [0, 0.1) is 0 Å². The predicted molar refractivity (Wildman–Crippen MR) is 76.4 cm³/mol. The maximum absolute atomic E-state index is 5.01. The molecule has 1 aromatic heterocycles. The summed E-state index contributed by atoms with van der Waals surface area (Å²) in [6.45, 7) is 5.98. The number of rotatable bonds is 7. The molecule has 1 fully saturated rings. The average molecular weight is 269 g/mol. The van der Waals surface area contributed by atoms with Crippen molar-refractivity contribution in [1.82, 2.24) is 10.3 Å².